The Bertz CT molecular complexity index is 407. The number of rotatable bonds is 3. The average molecular weight is 283 g/mol. The first-order valence-corrected chi connectivity index (χ1v) is 7.66. The van der Waals surface area contributed by atoms with Crippen LogP contribution >= 0.6 is 11.6 Å². The van der Waals surface area contributed by atoms with Gasteiger partial charge in [-0.05, 0) is 0 Å². The van der Waals surface area contributed by atoms with Crippen molar-refractivity contribution in [3.05, 3.63) is 0 Å². The third kappa shape index (κ3) is 3.31. The molecule has 0 bridgehead atoms. The number of sulfone groups is 1. The van der Waals surface area contributed by atoms with Crippen LogP contribution in [0.4, 0.5) is 0 Å². The maximum absolute atomic E-state index is 11.6. The highest BCUT2D eigenvalue weighted by Gasteiger charge is 2.37. The van der Waals surface area contributed by atoms with Gasteiger partial charge in [-0.3, -0.25) is 9.69 Å². The molecule has 0 radical (unpaired) electrons. The molecule has 0 aromatic carbocycles. The number of hydrogen-bond acceptors (Lipinski definition) is 5. The Morgan fingerprint density at radius 1 is 1.41 bits per heavy atom. The number of likely N-dealkylation sites (tertiary alicyclic amines) is 1. The molecule has 2 aliphatic rings. The van der Waals surface area contributed by atoms with E-state index in [0.717, 1.165) is 0 Å². The Morgan fingerprint density at radius 2 is 2.06 bits per heavy atom. The SMILES string of the molecule is O=C(CN1CC(O)C1)NC1CS(=O)(=O)CC1Cl. The van der Waals surface area contributed by atoms with Crippen LogP contribution in [0, 0.1) is 0 Å². The zero-order chi connectivity index (χ0) is 12.6. The Kier molecular flexibility index (Phi) is 3.63. The fourth-order valence-electron chi connectivity index (χ4n) is 2.06. The zero-order valence-electron chi connectivity index (χ0n) is 9.17. The molecule has 2 fully saturated rings. The molecule has 2 saturated heterocycles. The number of amides is 1. The second kappa shape index (κ2) is 4.72. The monoisotopic (exact) mass is 282 g/mol. The van der Waals surface area contributed by atoms with Crippen LogP contribution < -0.4 is 5.32 Å². The smallest absolute Gasteiger partial charge is 0.234 e. The Labute approximate surface area is 105 Å². The van der Waals surface area contributed by atoms with Gasteiger partial charge in [-0.25, -0.2) is 8.42 Å². The summed E-state index contributed by atoms with van der Waals surface area (Å²) < 4.78 is 22.6. The van der Waals surface area contributed by atoms with Gasteiger partial charge >= 0.3 is 0 Å². The van der Waals surface area contributed by atoms with E-state index in [2.05, 4.69) is 5.32 Å². The predicted octanol–water partition coefficient (Wildman–Crippen LogP) is -1.82. The molecule has 2 atom stereocenters. The van der Waals surface area contributed by atoms with Gasteiger partial charge in [0.2, 0.25) is 5.91 Å². The number of alkyl halides is 1. The van der Waals surface area contributed by atoms with Crippen molar-refractivity contribution in [1.29, 1.82) is 0 Å². The number of carbonyl (C=O) groups excluding carboxylic acids is 1. The lowest BCUT2D eigenvalue weighted by molar-refractivity contribution is -0.125. The summed E-state index contributed by atoms with van der Waals surface area (Å²) in [7, 11) is -3.12. The number of nitrogens with zero attached hydrogens (tertiary/aromatic N) is 1. The van der Waals surface area contributed by atoms with E-state index < -0.39 is 21.3 Å². The van der Waals surface area contributed by atoms with Crippen LogP contribution in [-0.4, -0.2) is 73.0 Å². The Balaban J connectivity index is 1.79. The zero-order valence-corrected chi connectivity index (χ0v) is 10.7. The van der Waals surface area contributed by atoms with Crippen molar-refractivity contribution in [2.45, 2.75) is 17.5 Å². The molecule has 17 heavy (non-hydrogen) atoms. The number of β-amino-alcohol motifs (C(OH)–C–C–N with tert-alkyl or cyclic N) is 1. The topological polar surface area (TPSA) is 86.7 Å². The first-order valence-electron chi connectivity index (χ1n) is 5.40. The molecule has 0 aromatic heterocycles. The second-order valence-electron chi connectivity index (χ2n) is 4.61. The fourth-order valence-corrected chi connectivity index (χ4v) is 4.61. The summed E-state index contributed by atoms with van der Waals surface area (Å²) in [6.45, 7) is 1.15. The number of aliphatic hydroxyl groups is 1. The van der Waals surface area contributed by atoms with Crippen LogP contribution in [0.3, 0.4) is 0 Å². The van der Waals surface area contributed by atoms with Crippen molar-refractivity contribution < 1.29 is 18.3 Å². The summed E-state index contributed by atoms with van der Waals surface area (Å²) in [6, 6.07) is -0.500. The van der Waals surface area contributed by atoms with E-state index in [1.54, 1.807) is 4.90 Å². The highest BCUT2D eigenvalue weighted by molar-refractivity contribution is 7.91. The fraction of sp³-hybridized carbons (Fsp3) is 0.889. The number of halogens is 1. The summed E-state index contributed by atoms with van der Waals surface area (Å²) in [5, 5.41) is 11.1. The highest BCUT2D eigenvalue weighted by atomic mass is 35.5. The summed E-state index contributed by atoms with van der Waals surface area (Å²) in [6.07, 6.45) is -0.351. The molecular formula is C9H15ClN2O4S. The first-order chi connectivity index (χ1) is 7.85. The standard InChI is InChI=1S/C9H15ClN2O4S/c10-7-4-17(15,16)5-8(7)11-9(14)3-12-1-6(13)2-12/h6-8,13H,1-5H2,(H,11,14). The normalized spacial score (nSPS) is 33.3. The summed E-state index contributed by atoms with van der Waals surface area (Å²) in [5.41, 5.74) is 0. The molecule has 0 aromatic rings. The molecule has 2 rings (SSSR count). The maximum Gasteiger partial charge on any atom is 0.234 e. The van der Waals surface area contributed by atoms with Crippen LogP contribution in [0.25, 0.3) is 0 Å². The first kappa shape index (κ1) is 13.1. The lowest BCUT2D eigenvalue weighted by Crippen LogP contribution is -2.55. The van der Waals surface area contributed by atoms with Crippen molar-refractivity contribution in [3.63, 3.8) is 0 Å². The van der Waals surface area contributed by atoms with Gasteiger partial charge in [0.15, 0.2) is 9.84 Å². The van der Waals surface area contributed by atoms with Crippen LogP contribution in [0.1, 0.15) is 0 Å². The molecule has 8 heteroatoms. The van der Waals surface area contributed by atoms with Crippen molar-refractivity contribution >= 4 is 27.3 Å². The van der Waals surface area contributed by atoms with E-state index in [9.17, 15) is 13.2 Å². The number of aliphatic hydroxyl groups excluding tert-OH is 1. The highest BCUT2D eigenvalue weighted by Crippen LogP contribution is 2.18. The molecule has 0 aliphatic carbocycles. The van der Waals surface area contributed by atoms with Gasteiger partial charge in [-0.2, -0.15) is 0 Å². The molecular weight excluding hydrogens is 268 g/mol. The van der Waals surface area contributed by atoms with Crippen molar-refractivity contribution in [3.8, 4) is 0 Å². The molecule has 2 unspecified atom stereocenters. The molecule has 0 saturated carbocycles. The third-order valence-corrected chi connectivity index (χ3v) is 5.31. The minimum absolute atomic E-state index is 0.0814. The molecule has 0 spiro atoms. The van der Waals surface area contributed by atoms with Gasteiger partial charge in [0.25, 0.3) is 0 Å². The van der Waals surface area contributed by atoms with E-state index in [1.807, 2.05) is 0 Å². The second-order valence-corrected chi connectivity index (χ2v) is 7.33. The molecule has 6 nitrogen and oxygen atoms in total. The minimum Gasteiger partial charge on any atom is -0.390 e. The molecule has 2 aliphatic heterocycles. The van der Waals surface area contributed by atoms with Crippen molar-refractivity contribution in [1.82, 2.24) is 10.2 Å². The molecule has 2 N–H and O–H groups in total. The Morgan fingerprint density at radius 3 is 2.53 bits per heavy atom. The van der Waals surface area contributed by atoms with Crippen molar-refractivity contribution in [2.75, 3.05) is 31.1 Å². The molecule has 2 heterocycles. The average Bonchev–Trinajstić information content (AvgIpc) is 2.36. The van der Waals surface area contributed by atoms with Crippen LogP contribution in [-0.2, 0) is 14.6 Å². The number of carbonyl (C=O) groups is 1. The predicted molar refractivity (Wildman–Crippen MR) is 62.7 cm³/mol. The van der Waals surface area contributed by atoms with Gasteiger partial charge in [0, 0.05) is 13.1 Å². The Hall–Kier alpha value is -0.370. The van der Waals surface area contributed by atoms with Crippen LogP contribution in [0.15, 0.2) is 0 Å². The van der Waals surface area contributed by atoms with Crippen LogP contribution in [0.5, 0.6) is 0 Å². The number of hydrogen-bond donors (Lipinski definition) is 2. The van der Waals surface area contributed by atoms with Gasteiger partial charge in [-0.1, -0.05) is 0 Å². The minimum atomic E-state index is -3.12. The van der Waals surface area contributed by atoms with E-state index in [-0.39, 0.29) is 30.1 Å². The summed E-state index contributed by atoms with van der Waals surface area (Å²) >= 11 is 5.87. The van der Waals surface area contributed by atoms with Crippen LogP contribution in [0.2, 0.25) is 0 Å². The maximum atomic E-state index is 11.6. The lowest BCUT2D eigenvalue weighted by atomic mass is 10.1. The number of nitrogens with one attached hydrogen (secondary N) is 1. The van der Waals surface area contributed by atoms with E-state index >= 15 is 0 Å². The van der Waals surface area contributed by atoms with Gasteiger partial charge in [0.05, 0.1) is 35.6 Å². The van der Waals surface area contributed by atoms with Gasteiger partial charge in [0.1, 0.15) is 0 Å². The van der Waals surface area contributed by atoms with Crippen molar-refractivity contribution in [2.24, 2.45) is 0 Å². The van der Waals surface area contributed by atoms with Gasteiger partial charge < -0.3 is 10.4 Å². The largest absolute Gasteiger partial charge is 0.390 e. The molecule has 98 valence electrons. The molecule has 1 amide bonds. The summed E-state index contributed by atoms with van der Waals surface area (Å²) in [4.78, 5) is 13.4. The van der Waals surface area contributed by atoms with E-state index in [0.29, 0.717) is 13.1 Å². The van der Waals surface area contributed by atoms with E-state index in [4.69, 9.17) is 16.7 Å². The lowest BCUT2D eigenvalue weighted by Gasteiger charge is -2.35. The van der Waals surface area contributed by atoms with E-state index in [1.165, 1.54) is 0 Å². The third-order valence-electron chi connectivity index (χ3n) is 2.93. The van der Waals surface area contributed by atoms with Gasteiger partial charge in [-0.15, -0.1) is 11.6 Å². The summed E-state index contributed by atoms with van der Waals surface area (Å²) in [5.74, 6) is -0.415. The quantitative estimate of drug-likeness (QED) is 0.596.